The van der Waals surface area contributed by atoms with E-state index in [0.29, 0.717) is 17.6 Å². The molecule has 0 saturated carbocycles. The Morgan fingerprint density at radius 3 is 2.82 bits per heavy atom. The number of nitrogens with two attached hydrogens (primary N) is 2. The number of aromatic amines is 1. The Kier molecular flexibility index (Phi) is 3.88. The van der Waals surface area contributed by atoms with Crippen molar-refractivity contribution < 1.29 is 0 Å². The quantitative estimate of drug-likeness (QED) is 0.653. The molecule has 0 saturated heterocycles. The zero-order valence-corrected chi connectivity index (χ0v) is 13.6. The van der Waals surface area contributed by atoms with Crippen molar-refractivity contribution in [3.63, 3.8) is 0 Å². The molecule has 116 valence electrons. The van der Waals surface area contributed by atoms with Crippen molar-refractivity contribution in [3.8, 4) is 0 Å². The van der Waals surface area contributed by atoms with Crippen LogP contribution >= 0.6 is 11.8 Å². The van der Waals surface area contributed by atoms with Gasteiger partial charge in [-0.15, -0.1) is 11.8 Å². The van der Waals surface area contributed by atoms with E-state index in [2.05, 4.69) is 47.3 Å². The molecule has 6 N–H and O–H groups in total. The minimum absolute atomic E-state index is 0.351. The molecule has 2 aromatic rings. The van der Waals surface area contributed by atoms with Crippen LogP contribution in [0.2, 0.25) is 0 Å². The van der Waals surface area contributed by atoms with Gasteiger partial charge in [0.25, 0.3) is 0 Å². The van der Waals surface area contributed by atoms with Crippen molar-refractivity contribution in [3.05, 3.63) is 47.8 Å². The maximum absolute atomic E-state index is 6.59. The van der Waals surface area contributed by atoms with Crippen molar-refractivity contribution in [1.82, 2.24) is 4.98 Å². The molecule has 3 rings (SSSR count). The van der Waals surface area contributed by atoms with Crippen molar-refractivity contribution >= 4 is 23.4 Å². The molecule has 1 unspecified atom stereocenters. The molecule has 0 fully saturated rings. The summed E-state index contributed by atoms with van der Waals surface area (Å²) in [4.78, 5) is 8.89. The van der Waals surface area contributed by atoms with Crippen LogP contribution in [0.3, 0.4) is 0 Å². The van der Waals surface area contributed by atoms with E-state index in [-0.39, 0.29) is 0 Å². The summed E-state index contributed by atoms with van der Waals surface area (Å²) in [5, 5.41) is 3.55. The third kappa shape index (κ3) is 2.84. The topological polar surface area (TPSA) is 92.2 Å². The van der Waals surface area contributed by atoms with E-state index in [1.807, 2.05) is 30.1 Å². The van der Waals surface area contributed by atoms with E-state index < -0.39 is 5.66 Å². The third-order valence-electron chi connectivity index (χ3n) is 3.56. The summed E-state index contributed by atoms with van der Waals surface area (Å²) in [6, 6.07) is 10.3. The molecule has 1 atom stereocenters. The van der Waals surface area contributed by atoms with Gasteiger partial charge < -0.3 is 21.8 Å². The van der Waals surface area contributed by atoms with Crippen LogP contribution in [0.5, 0.6) is 0 Å². The molecule has 22 heavy (non-hydrogen) atoms. The minimum atomic E-state index is -0.873. The van der Waals surface area contributed by atoms with Crippen LogP contribution < -0.4 is 16.8 Å². The van der Waals surface area contributed by atoms with E-state index in [1.54, 1.807) is 0 Å². The average Bonchev–Trinajstić information content (AvgIpc) is 2.89. The first-order chi connectivity index (χ1) is 10.5. The molecule has 1 aliphatic rings. The predicted molar refractivity (Wildman–Crippen MR) is 93.0 cm³/mol. The smallest absolute Gasteiger partial charge is 0.195 e. The Morgan fingerprint density at radius 1 is 1.27 bits per heavy atom. The summed E-state index contributed by atoms with van der Waals surface area (Å²) in [6.07, 6.45) is 2.45. The highest BCUT2D eigenvalue weighted by Crippen LogP contribution is 2.35. The summed E-state index contributed by atoms with van der Waals surface area (Å²) in [7, 11) is 0. The number of rotatable bonds is 4. The van der Waals surface area contributed by atoms with Crippen LogP contribution in [-0.2, 0) is 12.1 Å². The second kappa shape index (κ2) is 5.70. The summed E-state index contributed by atoms with van der Waals surface area (Å²) in [6.45, 7) is 4.37. The lowest BCUT2D eigenvalue weighted by Gasteiger charge is -2.31. The zero-order valence-electron chi connectivity index (χ0n) is 12.8. The lowest BCUT2D eigenvalue weighted by molar-refractivity contribution is 0.448. The summed E-state index contributed by atoms with van der Waals surface area (Å²) in [5.74, 6) is 0.351. The summed E-state index contributed by atoms with van der Waals surface area (Å²) < 4.78 is 0. The average molecular weight is 315 g/mol. The van der Waals surface area contributed by atoms with Crippen molar-refractivity contribution in [2.75, 3.05) is 5.32 Å². The molecular formula is C16H21N5S. The Hall–Kier alpha value is -1.92. The van der Waals surface area contributed by atoms with Gasteiger partial charge in [0.05, 0.1) is 11.4 Å². The van der Waals surface area contributed by atoms with Crippen molar-refractivity contribution in [2.45, 2.75) is 36.1 Å². The third-order valence-corrected chi connectivity index (χ3v) is 4.68. The van der Waals surface area contributed by atoms with E-state index in [1.165, 1.54) is 10.5 Å². The van der Waals surface area contributed by atoms with E-state index in [4.69, 9.17) is 11.5 Å². The van der Waals surface area contributed by atoms with E-state index in [0.717, 1.165) is 11.4 Å². The first kappa shape index (κ1) is 15.0. The monoisotopic (exact) mass is 315 g/mol. The SMILES string of the molecule is CC(C)Sc1ccccc1CC1(N)N=C(N)Nc2cc[nH]c21. The number of thioether (sulfide) groups is 1. The molecular weight excluding hydrogens is 294 g/mol. The van der Waals surface area contributed by atoms with E-state index in [9.17, 15) is 0 Å². The molecule has 1 aliphatic heterocycles. The number of anilines is 1. The fraction of sp³-hybridized carbons (Fsp3) is 0.312. The zero-order chi connectivity index (χ0) is 15.7. The lowest BCUT2D eigenvalue weighted by Crippen LogP contribution is -2.45. The maximum Gasteiger partial charge on any atom is 0.195 e. The number of benzene rings is 1. The number of guanidine groups is 1. The number of fused-ring (bicyclic) bond motifs is 1. The first-order valence-electron chi connectivity index (χ1n) is 7.31. The highest BCUT2D eigenvalue weighted by Gasteiger charge is 2.35. The van der Waals surface area contributed by atoms with Crippen LogP contribution in [0, 0.1) is 0 Å². The molecule has 0 spiro atoms. The van der Waals surface area contributed by atoms with Crippen molar-refractivity contribution in [2.24, 2.45) is 16.5 Å². The number of nitrogens with zero attached hydrogens (tertiary/aromatic N) is 1. The number of aromatic nitrogens is 1. The first-order valence-corrected chi connectivity index (χ1v) is 8.19. The number of H-pyrrole nitrogens is 1. The number of nitrogens with one attached hydrogen (secondary N) is 2. The van der Waals surface area contributed by atoms with Gasteiger partial charge in [-0.25, -0.2) is 4.99 Å². The molecule has 0 aliphatic carbocycles. The van der Waals surface area contributed by atoms with Gasteiger partial charge in [0.2, 0.25) is 0 Å². The number of hydrogen-bond donors (Lipinski definition) is 4. The number of hydrogen-bond acceptors (Lipinski definition) is 5. The van der Waals surface area contributed by atoms with Crippen LogP contribution in [0.15, 0.2) is 46.4 Å². The fourth-order valence-corrected chi connectivity index (χ4v) is 3.66. The van der Waals surface area contributed by atoms with Gasteiger partial charge >= 0.3 is 0 Å². The van der Waals surface area contributed by atoms with Gasteiger partial charge in [-0.2, -0.15) is 0 Å². The molecule has 0 radical (unpaired) electrons. The molecule has 6 heteroatoms. The molecule has 0 bridgehead atoms. The fourth-order valence-electron chi connectivity index (χ4n) is 2.71. The molecule has 1 aromatic carbocycles. The van der Waals surface area contributed by atoms with Gasteiger partial charge in [0.15, 0.2) is 11.6 Å². The van der Waals surface area contributed by atoms with Gasteiger partial charge in [0.1, 0.15) is 0 Å². The number of aliphatic imine (C=N–C) groups is 1. The highest BCUT2D eigenvalue weighted by atomic mass is 32.2. The summed E-state index contributed by atoms with van der Waals surface area (Å²) in [5.41, 5.74) is 14.6. The highest BCUT2D eigenvalue weighted by molar-refractivity contribution is 8.00. The van der Waals surface area contributed by atoms with Crippen LogP contribution in [-0.4, -0.2) is 16.2 Å². The second-order valence-electron chi connectivity index (χ2n) is 5.76. The van der Waals surface area contributed by atoms with Crippen LogP contribution in [0.1, 0.15) is 25.1 Å². The molecule has 5 nitrogen and oxygen atoms in total. The molecule has 2 heterocycles. The second-order valence-corrected chi connectivity index (χ2v) is 7.38. The normalized spacial score (nSPS) is 20.5. The predicted octanol–water partition coefficient (Wildman–Crippen LogP) is 2.61. The standard InChI is InChI=1S/C16H21N5S/c1-10(2)22-13-6-4-3-5-11(13)9-16(18)14-12(7-8-19-14)20-15(17)21-16/h3-8,10,19H,9,18H2,1-2H3,(H3,17,20,21). The summed E-state index contributed by atoms with van der Waals surface area (Å²) >= 11 is 1.84. The van der Waals surface area contributed by atoms with Gasteiger partial charge in [-0.1, -0.05) is 32.0 Å². The molecule has 0 amide bonds. The maximum atomic E-state index is 6.59. The van der Waals surface area contributed by atoms with Crippen LogP contribution in [0.25, 0.3) is 0 Å². The van der Waals surface area contributed by atoms with Gasteiger partial charge in [-0.3, -0.25) is 0 Å². The minimum Gasteiger partial charge on any atom is -0.370 e. The van der Waals surface area contributed by atoms with Gasteiger partial charge in [0, 0.05) is 22.8 Å². The largest absolute Gasteiger partial charge is 0.370 e. The van der Waals surface area contributed by atoms with Gasteiger partial charge in [-0.05, 0) is 17.7 Å². The molecule has 1 aromatic heterocycles. The Balaban J connectivity index is 1.97. The van der Waals surface area contributed by atoms with Crippen LogP contribution in [0.4, 0.5) is 5.69 Å². The van der Waals surface area contributed by atoms with Crippen molar-refractivity contribution in [1.29, 1.82) is 0 Å². The van der Waals surface area contributed by atoms with E-state index >= 15 is 0 Å². The Bertz CT molecular complexity index is 706. The lowest BCUT2D eigenvalue weighted by atomic mass is 9.96. The Morgan fingerprint density at radius 2 is 2.05 bits per heavy atom. The Labute approximate surface area is 134 Å².